The maximum atomic E-state index is 10.1. The van der Waals surface area contributed by atoms with E-state index in [2.05, 4.69) is 0 Å². The minimum absolute atomic E-state index is 0.552. The summed E-state index contributed by atoms with van der Waals surface area (Å²) in [5.74, 6) is -0.400. The molecule has 0 radical (unpaired) electrons. The van der Waals surface area contributed by atoms with E-state index in [0.29, 0.717) is 25.7 Å². The molecule has 12 N–H and O–H groups in total. The smallest absolute Gasteiger partial charge is 0.320 e. The number of nitrogens with two attached hydrogens (primary N) is 4. The molecular weight excluding hydrogens is 553 g/mol. The molecule has 36 heavy (non-hydrogen) atoms. The largest absolute Gasteiger partial charge is 0.480 e. The Morgan fingerprint density at radius 2 is 0.611 bits per heavy atom. The van der Waals surface area contributed by atoms with Crippen molar-refractivity contribution in [3.8, 4) is 0 Å². The number of hydrogen-bond acceptors (Lipinski definition) is 12. The van der Waals surface area contributed by atoms with E-state index in [1.165, 1.54) is 0 Å². The maximum Gasteiger partial charge on any atom is 0.320 e. The first kappa shape index (κ1) is 42.2. The second kappa shape index (κ2) is 30.3. The van der Waals surface area contributed by atoms with Crippen LogP contribution in [0.5, 0.6) is 0 Å². The third-order valence-corrected chi connectivity index (χ3v) is 6.38. The van der Waals surface area contributed by atoms with Crippen molar-refractivity contribution in [2.24, 2.45) is 22.9 Å². The molecule has 0 aromatic heterocycles. The third kappa shape index (κ3) is 35.3. The Morgan fingerprint density at radius 1 is 0.472 bits per heavy atom. The van der Waals surface area contributed by atoms with Crippen LogP contribution in [0.2, 0.25) is 0 Å². The Bertz CT molecular complexity index is 484. The number of thioether (sulfide) groups is 4. The van der Waals surface area contributed by atoms with Crippen molar-refractivity contribution < 1.29 is 39.6 Å². The molecule has 0 saturated heterocycles. The van der Waals surface area contributed by atoms with E-state index in [1.54, 1.807) is 47.0 Å². The molecule has 4 atom stereocenters. The molecule has 0 fully saturated rings. The van der Waals surface area contributed by atoms with Crippen LogP contribution < -0.4 is 22.9 Å². The standard InChI is InChI=1S/4C5H11NO2S/c4*1-9-3-2-4(6)5(7)8/h4*4H,2-3,6H2,1H3,(H,7,8). The van der Waals surface area contributed by atoms with Gasteiger partial charge in [0.25, 0.3) is 0 Å². The first-order valence-electron chi connectivity index (χ1n) is 10.6. The summed E-state index contributed by atoms with van der Waals surface area (Å²) in [5.41, 5.74) is 20.8. The second-order valence-electron chi connectivity index (χ2n) is 6.90. The van der Waals surface area contributed by atoms with Crippen molar-refractivity contribution in [1.29, 1.82) is 0 Å². The SMILES string of the molecule is CSCCC(N)C(=O)O.CSCCC(N)C(=O)O.CSCCC(N)C(=O)O.CSCCC(N)C(=O)O. The highest BCUT2D eigenvalue weighted by atomic mass is 32.2. The lowest BCUT2D eigenvalue weighted by atomic mass is 10.2. The summed E-state index contributed by atoms with van der Waals surface area (Å²) in [5, 5.41) is 33.1. The highest BCUT2D eigenvalue weighted by Gasteiger charge is 2.10. The fraction of sp³-hybridized carbons (Fsp3) is 0.800. The van der Waals surface area contributed by atoms with Crippen molar-refractivity contribution in [1.82, 2.24) is 0 Å². The van der Waals surface area contributed by atoms with Gasteiger partial charge < -0.3 is 43.4 Å². The molecule has 0 rings (SSSR count). The molecule has 0 bridgehead atoms. The van der Waals surface area contributed by atoms with Gasteiger partial charge >= 0.3 is 23.9 Å². The minimum Gasteiger partial charge on any atom is -0.480 e. The van der Waals surface area contributed by atoms with Gasteiger partial charge in [-0.3, -0.25) is 19.2 Å². The molecule has 0 saturated carbocycles. The Labute approximate surface area is 230 Å². The lowest BCUT2D eigenvalue weighted by Gasteiger charge is -2.02. The van der Waals surface area contributed by atoms with E-state index in [9.17, 15) is 19.2 Å². The third-order valence-electron chi connectivity index (χ3n) is 3.80. The zero-order valence-corrected chi connectivity index (χ0v) is 24.6. The molecule has 4 unspecified atom stereocenters. The average molecular weight is 597 g/mol. The zero-order chi connectivity index (χ0) is 29.1. The van der Waals surface area contributed by atoms with Crippen LogP contribution in [0.25, 0.3) is 0 Å². The van der Waals surface area contributed by atoms with Gasteiger partial charge in [0.2, 0.25) is 0 Å². The Balaban J connectivity index is -0.000000190. The molecular formula is C20H44N4O8S4. The molecule has 0 amide bonds. The lowest BCUT2D eigenvalue weighted by Crippen LogP contribution is -2.30. The molecule has 0 aromatic carbocycles. The van der Waals surface area contributed by atoms with Gasteiger partial charge in [-0.25, -0.2) is 0 Å². The van der Waals surface area contributed by atoms with Crippen LogP contribution in [0.1, 0.15) is 25.7 Å². The van der Waals surface area contributed by atoms with E-state index < -0.39 is 48.0 Å². The van der Waals surface area contributed by atoms with Crippen LogP contribution >= 0.6 is 47.0 Å². The van der Waals surface area contributed by atoms with Crippen molar-refractivity contribution in [3.05, 3.63) is 0 Å². The van der Waals surface area contributed by atoms with E-state index in [0.717, 1.165) is 23.0 Å². The quantitative estimate of drug-likeness (QED) is 0.121. The summed E-state index contributed by atoms with van der Waals surface area (Å²) in [6, 6.07) is -2.73. The van der Waals surface area contributed by atoms with Crippen molar-refractivity contribution in [2.75, 3.05) is 48.0 Å². The van der Waals surface area contributed by atoms with E-state index in [4.69, 9.17) is 43.4 Å². The van der Waals surface area contributed by atoms with Gasteiger partial charge in [0.15, 0.2) is 0 Å². The van der Waals surface area contributed by atoms with Crippen molar-refractivity contribution in [3.63, 3.8) is 0 Å². The summed E-state index contributed by atoms with van der Waals surface area (Å²) in [6.45, 7) is 0. The monoisotopic (exact) mass is 596 g/mol. The number of carbonyl (C=O) groups is 4. The van der Waals surface area contributed by atoms with Crippen LogP contribution in [-0.2, 0) is 19.2 Å². The molecule has 12 nitrogen and oxygen atoms in total. The van der Waals surface area contributed by atoms with Gasteiger partial charge in [0.05, 0.1) is 0 Å². The van der Waals surface area contributed by atoms with Gasteiger partial charge in [0, 0.05) is 0 Å². The van der Waals surface area contributed by atoms with Gasteiger partial charge in [-0.2, -0.15) is 47.0 Å². The normalized spacial score (nSPS) is 13.1. The molecule has 0 aliphatic carbocycles. The van der Waals surface area contributed by atoms with Gasteiger partial charge in [0.1, 0.15) is 24.2 Å². The first-order valence-corrected chi connectivity index (χ1v) is 16.2. The zero-order valence-electron chi connectivity index (χ0n) is 21.3. The van der Waals surface area contributed by atoms with Gasteiger partial charge in [-0.1, -0.05) is 0 Å². The first-order chi connectivity index (χ1) is 16.7. The summed E-state index contributed by atoms with van der Waals surface area (Å²) in [7, 11) is 0. The fourth-order valence-corrected chi connectivity index (χ4v) is 3.43. The number of carboxylic acid groups (broad SMARTS) is 4. The Morgan fingerprint density at radius 3 is 0.694 bits per heavy atom. The van der Waals surface area contributed by atoms with Crippen LogP contribution in [0.15, 0.2) is 0 Å². The topological polar surface area (TPSA) is 253 Å². The Hall–Kier alpha value is -0.880. The predicted molar refractivity (Wildman–Crippen MR) is 154 cm³/mol. The molecule has 0 aromatic rings. The summed E-state index contributed by atoms with van der Waals surface area (Å²) < 4.78 is 0. The summed E-state index contributed by atoms with van der Waals surface area (Å²) in [4.78, 5) is 40.3. The summed E-state index contributed by atoms with van der Waals surface area (Å²) >= 11 is 6.42. The predicted octanol–water partition coefficient (Wildman–Crippen LogP) is 0.606. The van der Waals surface area contributed by atoms with Gasteiger partial charge in [-0.05, 0) is 73.7 Å². The highest BCUT2D eigenvalue weighted by Crippen LogP contribution is 1.99. The molecule has 0 spiro atoms. The molecule has 216 valence electrons. The van der Waals surface area contributed by atoms with Crippen molar-refractivity contribution >= 4 is 70.9 Å². The molecule has 0 heterocycles. The molecule has 0 aliphatic heterocycles. The fourth-order valence-electron chi connectivity index (χ4n) is 1.47. The van der Waals surface area contributed by atoms with Crippen molar-refractivity contribution in [2.45, 2.75) is 49.9 Å². The number of carboxylic acids is 4. The van der Waals surface area contributed by atoms with E-state index in [-0.39, 0.29) is 0 Å². The van der Waals surface area contributed by atoms with Gasteiger partial charge in [-0.15, -0.1) is 0 Å². The Kier molecular flexibility index (Phi) is 35.6. The second-order valence-corrected chi connectivity index (χ2v) is 10.8. The summed E-state index contributed by atoms with van der Waals surface area (Å²) in [6.07, 6.45) is 9.91. The van der Waals surface area contributed by atoms with Crippen LogP contribution in [0.4, 0.5) is 0 Å². The minimum atomic E-state index is -0.913. The lowest BCUT2D eigenvalue weighted by molar-refractivity contribution is -0.139. The number of hydrogen-bond donors (Lipinski definition) is 8. The number of rotatable bonds is 16. The van der Waals surface area contributed by atoms with Crippen LogP contribution in [0.3, 0.4) is 0 Å². The van der Waals surface area contributed by atoms with Crippen LogP contribution in [-0.4, -0.2) is 117 Å². The van der Waals surface area contributed by atoms with E-state index in [1.807, 2.05) is 25.0 Å². The molecule has 0 aliphatic rings. The van der Waals surface area contributed by atoms with E-state index >= 15 is 0 Å². The number of aliphatic carboxylic acids is 4. The average Bonchev–Trinajstić information content (AvgIpc) is 2.83. The highest BCUT2D eigenvalue weighted by molar-refractivity contribution is 7.99. The molecule has 16 heteroatoms. The van der Waals surface area contributed by atoms with Crippen LogP contribution in [0, 0.1) is 0 Å². The maximum absolute atomic E-state index is 10.1.